The number of nitrogens with zero attached hydrogens (tertiary/aromatic N) is 2. The molecule has 0 aliphatic carbocycles. The number of benzene rings is 1. The molecule has 0 bridgehead atoms. The van der Waals surface area contributed by atoms with Crippen LogP contribution in [0.15, 0.2) is 42.5 Å². The van der Waals surface area contributed by atoms with Crippen molar-refractivity contribution in [2.75, 3.05) is 20.2 Å². The van der Waals surface area contributed by atoms with Crippen LogP contribution < -0.4 is 21.3 Å². The first kappa shape index (κ1) is 52.6. The molecule has 5 N–H and O–H groups in total. The molecule has 5 atom stereocenters. The van der Waals surface area contributed by atoms with Crippen LogP contribution in [0.5, 0.6) is 0 Å². The fraction of sp³-hybridized carbons (Fsp3) is 0.702. The van der Waals surface area contributed by atoms with Gasteiger partial charge in [0.2, 0.25) is 17.7 Å². The average molecular weight is 885 g/mol. The minimum atomic E-state index is -1.06. The van der Waals surface area contributed by atoms with Gasteiger partial charge in [0.1, 0.15) is 29.8 Å². The highest BCUT2D eigenvalue weighted by Crippen LogP contribution is 2.38. The van der Waals surface area contributed by atoms with Crippen LogP contribution in [0.1, 0.15) is 127 Å². The van der Waals surface area contributed by atoms with E-state index in [0.717, 1.165) is 5.56 Å². The molecule has 16 heteroatoms. The van der Waals surface area contributed by atoms with Crippen molar-refractivity contribution in [2.45, 2.75) is 174 Å². The summed E-state index contributed by atoms with van der Waals surface area (Å²) in [6.45, 7) is 21.0. The Hall–Kier alpha value is -4.70. The monoisotopic (exact) mass is 885 g/mol. The van der Waals surface area contributed by atoms with E-state index in [1.807, 2.05) is 84.0 Å². The number of likely N-dealkylation sites (tertiary alicyclic amines) is 1. The Balaban J connectivity index is 1.69. The Labute approximate surface area is 374 Å². The Morgan fingerprint density at radius 1 is 0.905 bits per heavy atom. The van der Waals surface area contributed by atoms with Crippen LogP contribution in [-0.4, -0.2) is 118 Å². The Kier molecular flexibility index (Phi) is 19.5. The van der Waals surface area contributed by atoms with Gasteiger partial charge in [-0.3, -0.25) is 14.4 Å². The molecule has 2 aliphatic rings. The molecule has 16 nitrogen and oxygen atoms in total. The van der Waals surface area contributed by atoms with E-state index < -0.39 is 82.8 Å². The maximum Gasteiger partial charge on any atom is 0.408 e. The third-order valence-electron chi connectivity index (χ3n) is 11.3. The highest BCUT2D eigenvalue weighted by molar-refractivity contribution is 5.94. The second-order valence-corrected chi connectivity index (χ2v) is 20.0. The fourth-order valence-corrected chi connectivity index (χ4v) is 8.43. The maximum absolute atomic E-state index is 14.5. The quantitative estimate of drug-likeness (QED) is 0.0469. The van der Waals surface area contributed by atoms with Crippen molar-refractivity contribution in [1.82, 2.24) is 31.2 Å². The summed E-state index contributed by atoms with van der Waals surface area (Å²) in [7, 11) is 1.22. The van der Waals surface area contributed by atoms with Crippen molar-refractivity contribution in [2.24, 2.45) is 17.8 Å². The van der Waals surface area contributed by atoms with Gasteiger partial charge >= 0.3 is 18.2 Å². The lowest BCUT2D eigenvalue weighted by atomic mass is 9.80. The number of amides is 5. The first-order valence-corrected chi connectivity index (χ1v) is 22.5. The van der Waals surface area contributed by atoms with Crippen LogP contribution in [0.2, 0.25) is 0 Å². The smallest absolute Gasteiger partial charge is 0.408 e. The van der Waals surface area contributed by atoms with E-state index in [0.29, 0.717) is 51.5 Å². The average Bonchev–Trinajstić information content (AvgIpc) is 3.67. The number of nitrogens with one attached hydrogen (secondary N) is 4. The molecule has 2 aliphatic heterocycles. The van der Waals surface area contributed by atoms with Gasteiger partial charge < -0.3 is 45.6 Å². The minimum Gasteiger partial charge on any atom is -0.467 e. The molecule has 0 radical (unpaired) electrons. The summed E-state index contributed by atoms with van der Waals surface area (Å²) >= 11 is 0. The summed E-state index contributed by atoms with van der Waals surface area (Å²) in [5.41, 5.74) is -0.934. The predicted molar refractivity (Wildman–Crippen MR) is 239 cm³/mol. The molecule has 2 fully saturated rings. The second-order valence-electron chi connectivity index (χ2n) is 20.0. The second kappa shape index (κ2) is 23.3. The third kappa shape index (κ3) is 16.7. The number of carbonyl (C=O) groups excluding carboxylic acids is 6. The summed E-state index contributed by atoms with van der Waals surface area (Å²) in [6, 6.07) is 6.25. The number of carbonyl (C=O) groups is 6. The number of methoxy groups -OCH3 is 1. The molecule has 3 unspecified atom stereocenters. The van der Waals surface area contributed by atoms with Gasteiger partial charge in [-0.1, -0.05) is 70.2 Å². The van der Waals surface area contributed by atoms with E-state index in [1.54, 1.807) is 39.5 Å². The van der Waals surface area contributed by atoms with Crippen LogP contribution in [0.3, 0.4) is 0 Å². The van der Waals surface area contributed by atoms with Gasteiger partial charge in [0.05, 0.1) is 19.1 Å². The molecule has 1 aromatic rings. The molecule has 0 spiro atoms. The molecule has 2 heterocycles. The van der Waals surface area contributed by atoms with E-state index in [-0.39, 0.29) is 30.7 Å². The largest absolute Gasteiger partial charge is 0.467 e. The van der Waals surface area contributed by atoms with Crippen LogP contribution >= 0.6 is 0 Å². The van der Waals surface area contributed by atoms with Crippen molar-refractivity contribution in [3.05, 3.63) is 48.0 Å². The SMILES string of the molecule is COC(=O)C(CCCNC(=O)OC1CC(C)(C)N(O)C(C)(C)C1)NC(=O)C(NC(=O)C1CCCN1C(=O)[C@H](/C=C/[C@H](CC(C)C)NC(=O)OC(C)(C)C)Cc1ccccc1)C(C)C. The lowest BCUT2D eigenvalue weighted by Gasteiger charge is -2.50. The van der Waals surface area contributed by atoms with E-state index >= 15 is 0 Å². The molecule has 5 amide bonds. The van der Waals surface area contributed by atoms with Crippen molar-refractivity contribution in [1.29, 1.82) is 0 Å². The van der Waals surface area contributed by atoms with Crippen LogP contribution in [-0.2, 0) is 39.8 Å². The van der Waals surface area contributed by atoms with Gasteiger partial charge in [-0.05, 0) is 104 Å². The molecule has 0 saturated carbocycles. The summed E-state index contributed by atoms with van der Waals surface area (Å²) in [5, 5.41) is 23.1. The zero-order chi connectivity index (χ0) is 47.3. The Morgan fingerprint density at radius 2 is 1.54 bits per heavy atom. The summed E-state index contributed by atoms with van der Waals surface area (Å²) < 4.78 is 16.2. The lowest BCUT2D eigenvalue weighted by molar-refractivity contribution is -0.256. The molecular formula is C47H76N6O10. The maximum atomic E-state index is 14.5. The first-order chi connectivity index (χ1) is 29.3. The van der Waals surface area contributed by atoms with Gasteiger partial charge in [0.15, 0.2) is 0 Å². The molecule has 63 heavy (non-hydrogen) atoms. The summed E-state index contributed by atoms with van der Waals surface area (Å²) in [4.78, 5) is 82.2. The molecule has 2 saturated heterocycles. The lowest BCUT2D eigenvalue weighted by Crippen LogP contribution is -2.60. The number of hydroxylamine groups is 2. The van der Waals surface area contributed by atoms with Gasteiger partial charge in [-0.15, -0.1) is 0 Å². The fourth-order valence-electron chi connectivity index (χ4n) is 8.43. The summed E-state index contributed by atoms with van der Waals surface area (Å²) in [5.74, 6) is -2.80. The number of rotatable bonds is 19. The zero-order valence-corrected chi connectivity index (χ0v) is 39.7. The standard InChI is InChI=1S/C47H76N6O10/c1-30(2)26-34(49-44(59)63-45(5,6)7)23-22-33(27-32-18-14-13-15-19-32)41(56)52-25-17-21-37(52)39(54)51-38(31(3)4)40(55)50-36(42(57)61-12)20-16-24-48-43(58)62-35-28-46(8,9)53(60)47(10,11)29-35/h13-15,18-19,22-23,30-31,33-38,60H,16-17,20-21,24-29H2,1-12H3,(H,48,58)(H,49,59)(H,50,55)(H,51,54)/b23-22+/t33-,34-,36?,37?,38?/m1/s1. The molecular weight excluding hydrogens is 809 g/mol. The molecule has 354 valence electrons. The van der Waals surface area contributed by atoms with Crippen molar-refractivity contribution < 1.29 is 48.2 Å². The van der Waals surface area contributed by atoms with E-state index in [1.165, 1.54) is 12.2 Å². The first-order valence-electron chi connectivity index (χ1n) is 22.5. The normalized spacial score (nSPS) is 19.8. The minimum absolute atomic E-state index is 0.132. The van der Waals surface area contributed by atoms with E-state index in [2.05, 4.69) is 21.3 Å². The number of alkyl carbamates (subject to hydrolysis) is 2. The number of hydrogen-bond acceptors (Lipinski definition) is 11. The van der Waals surface area contributed by atoms with Crippen molar-refractivity contribution in [3.63, 3.8) is 0 Å². The Morgan fingerprint density at radius 3 is 2.11 bits per heavy atom. The number of hydrogen-bond donors (Lipinski definition) is 5. The predicted octanol–water partition coefficient (Wildman–Crippen LogP) is 6.05. The number of piperidine rings is 1. The van der Waals surface area contributed by atoms with Crippen molar-refractivity contribution >= 4 is 35.9 Å². The zero-order valence-electron chi connectivity index (χ0n) is 39.7. The van der Waals surface area contributed by atoms with Gasteiger partial charge in [0.25, 0.3) is 0 Å². The van der Waals surface area contributed by atoms with E-state index in [9.17, 15) is 34.0 Å². The topological polar surface area (TPSA) is 205 Å². The molecule has 3 rings (SSSR count). The van der Waals surface area contributed by atoms with E-state index in [4.69, 9.17) is 14.2 Å². The van der Waals surface area contributed by atoms with Crippen LogP contribution in [0.25, 0.3) is 0 Å². The van der Waals surface area contributed by atoms with Crippen LogP contribution in [0.4, 0.5) is 9.59 Å². The number of ether oxygens (including phenoxy) is 3. The van der Waals surface area contributed by atoms with Gasteiger partial charge in [-0.25, -0.2) is 14.4 Å². The van der Waals surface area contributed by atoms with Gasteiger partial charge in [-0.2, -0.15) is 5.06 Å². The third-order valence-corrected chi connectivity index (χ3v) is 11.3. The molecule has 0 aromatic heterocycles. The highest BCUT2D eigenvalue weighted by atomic mass is 16.6. The van der Waals surface area contributed by atoms with Crippen LogP contribution in [0, 0.1) is 17.8 Å². The summed E-state index contributed by atoms with van der Waals surface area (Å²) in [6.07, 6.45) is 5.35. The highest BCUT2D eigenvalue weighted by Gasteiger charge is 2.46. The Bertz CT molecular complexity index is 1710. The van der Waals surface area contributed by atoms with Crippen molar-refractivity contribution in [3.8, 4) is 0 Å². The molecule has 1 aromatic carbocycles. The van der Waals surface area contributed by atoms with Gasteiger partial charge in [0, 0.05) is 37.0 Å². The number of esters is 1.